The van der Waals surface area contributed by atoms with Gasteiger partial charge in [-0.15, -0.1) is 0 Å². The van der Waals surface area contributed by atoms with Gasteiger partial charge in [0, 0.05) is 82.7 Å². The number of hydrogen-bond acceptors (Lipinski definition) is 10. The molecule has 2 heterocycles. The van der Waals surface area contributed by atoms with Crippen molar-refractivity contribution in [1.29, 1.82) is 0 Å². The molecule has 2 saturated carbocycles. The topological polar surface area (TPSA) is 162 Å². The summed E-state index contributed by atoms with van der Waals surface area (Å²) < 4.78 is 25.2. The van der Waals surface area contributed by atoms with E-state index in [2.05, 4.69) is 24.3 Å². The minimum absolute atomic E-state index is 0.178. The summed E-state index contributed by atoms with van der Waals surface area (Å²) in [5.41, 5.74) is 4.05. The lowest BCUT2D eigenvalue weighted by molar-refractivity contribution is -0.178. The number of esters is 2. The second kappa shape index (κ2) is 13.5. The van der Waals surface area contributed by atoms with E-state index in [1.807, 2.05) is 0 Å². The third-order valence-electron chi connectivity index (χ3n) is 12.7. The Bertz CT molecular complexity index is 1660. The first-order chi connectivity index (χ1) is 25.1. The number of ether oxygens (including phenoxy) is 4. The maximum absolute atomic E-state index is 12.3. The van der Waals surface area contributed by atoms with Gasteiger partial charge in [0.15, 0.2) is 36.1 Å². The van der Waals surface area contributed by atoms with Gasteiger partial charge >= 0.3 is 11.9 Å². The number of carbonyl (C=O) groups is 2. The van der Waals surface area contributed by atoms with Crippen molar-refractivity contribution in [2.24, 2.45) is 10.8 Å². The molecule has 0 amide bonds. The number of nitrogens with zero attached hydrogens (tertiary/aromatic N) is 2. The van der Waals surface area contributed by atoms with Crippen LogP contribution in [0.15, 0.2) is 24.3 Å². The molecule has 8 atom stereocenters. The fourth-order valence-corrected chi connectivity index (χ4v) is 9.67. The van der Waals surface area contributed by atoms with E-state index < -0.39 is 12.6 Å². The van der Waals surface area contributed by atoms with Crippen molar-refractivity contribution in [2.45, 2.75) is 140 Å². The molecule has 0 aromatic carbocycles. The van der Waals surface area contributed by atoms with Crippen molar-refractivity contribution in [2.75, 3.05) is 13.2 Å². The lowest BCUT2D eigenvalue weighted by Gasteiger charge is -2.26. The fraction of sp³-hybridized carbons (Fsp3) is 0.650. The third kappa shape index (κ3) is 5.80. The number of rotatable bonds is 21. The van der Waals surface area contributed by atoms with Gasteiger partial charge in [-0.3, -0.25) is 18.7 Å². The Morgan fingerprint density at radius 2 is 1.04 bits per heavy atom. The molecule has 8 unspecified atom stereocenters. The van der Waals surface area contributed by atoms with E-state index in [1.54, 1.807) is 23.0 Å². The van der Waals surface area contributed by atoms with Gasteiger partial charge in [0.2, 0.25) is 0 Å². The van der Waals surface area contributed by atoms with E-state index in [-0.39, 0.29) is 71.0 Å². The van der Waals surface area contributed by atoms with E-state index in [9.17, 15) is 30.0 Å². The first-order valence-electron chi connectivity index (χ1n) is 19.4. The number of fused-ring (bicyclic) bond motifs is 6. The predicted octanol–water partition coefficient (Wildman–Crippen LogP) is 6.81. The average Bonchev–Trinajstić information content (AvgIpc) is 3.96. The molecule has 4 N–H and O–H groups in total. The largest absolute Gasteiger partial charge is 0.494 e. The van der Waals surface area contributed by atoms with Crippen molar-refractivity contribution in [3.63, 3.8) is 0 Å². The van der Waals surface area contributed by atoms with Gasteiger partial charge in [-0.05, 0) is 65.2 Å². The monoisotopic (exact) mass is 720 g/mol. The first-order valence-corrected chi connectivity index (χ1v) is 19.4. The van der Waals surface area contributed by atoms with Crippen LogP contribution in [0.1, 0.15) is 137 Å². The third-order valence-corrected chi connectivity index (χ3v) is 12.7. The molecule has 0 bridgehead atoms. The molecule has 12 nitrogen and oxygen atoms in total. The van der Waals surface area contributed by atoms with Crippen LogP contribution in [0.5, 0.6) is 23.5 Å². The standard InChI is InChI=1S/C40H52N2O10/c1-23(51-29(43)11-5-3-7-17-41-35(45)31-25-13-15-39(25)21-27(39)33(31)37(41)47)49-19-9-10-20-50-24(2)52-30(44)12-6-4-8-18-42-36(46)32-26-14-16-40(26)22-28(40)34(32)38(42)48/h13-16,23-28,45-48H,3-12,17-22H2,1-2H3. The zero-order valence-corrected chi connectivity index (χ0v) is 30.2. The average molecular weight is 721 g/mol. The summed E-state index contributed by atoms with van der Waals surface area (Å²) in [7, 11) is 0. The van der Waals surface area contributed by atoms with Crippen LogP contribution in [-0.4, -0.2) is 67.3 Å². The molecule has 282 valence electrons. The Hall–Kier alpha value is -3.90. The minimum Gasteiger partial charge on any atom is -0.494 e. The summed E-state index contributed by atoms with van der Waals surface area (Å²) in [5.74, 6) is 1.35. The molecule has 2 fully saturated rings. The molecule has 6 aliphatic carbocycles. The Labute approximate surface area is 304 Å². The van der Waals surface area contributed by atoms with Crippen LogP contribution in [0.3, 0.4) is 0 Å². The van der Waals surface area contributed by atoms with Gasteiger partial charge in [0.25, 0.3) is 0 Å². The van der Waals surface area contributed by atoms with Crippen LogP contribution < -0.4 is 0 Å². The van der Waals surface area contributed by atoms with Gasteiger partial charge in [-0.2, -0.15) is 0 Å². The zero-order chi connectivity index (χ0) is 36.4. The van der Waals surface area contributed by atoms with Crippen molar-refractivity contribution < 1.29 is 49.0 Å². The van der Waals surface area contributed by atoms with Crippen molar-refractivity contribution in [3.8, 4) is 23.5 Å². The maximum Gasteiger partial charge on any atom is 0.308 e. The van der Waals surface area contributed by atoms with E-state index in [0.717, 1.165) is 60.8 Å². The van der Waals surface area contributed by atoms with Gasteiger partial charge in [-0.25, -0.2) is 0 Å². The van der Waals surface area contributed by atoms with Crippen molar-refractivity contribution >= 4 is 11.9 Å². The molecule has 0 aliphatic heterocycles. The fourth-order valence-electron chi connectivity index (χ4n) is 9.67. The summed E-state index contributed by atoms with van der Waals surface area (Å²) in [5, 5.41) is 43.0. The Balaban J connectivity index is 0.616. The predicted molar refractivity (Wildman–Crippen MR) is 188 cm³/mol. The van der Waals surface area contributed by atoms with Gasteiger partial charge in [0.05, 0.1) is 13.2 Å². The smallest absolute Gasteiger partial charge is 0.308 e. The lowest BCUT2D eigenvalue weighted by atomic mass is 9.78. The summed E-state index contributed by atoms with van der Waals surface area (Å²) in [6.07, 6.45) is 15.8. The van der Waals surface area contributed by atoms with Gasteiger partial charge in [0.1, 0.15) is 0 Å². The normalized spacial score (nSPS) is 28.4. The molecule has 12 heteroatoms. The highest BCUT2D eigenvalue weighted by Crippen LogP contribution is 2.81. The van der Waals surface area contributed by atoms with Crippen LogP contribution in [-0.2, 0) is 41.6 Å². The molecule has 2 spiro atoms. The van der Waals surface area contributed by atoms with E-state index in [1.165, 1.54) is 0 Å². The summed E-state index contributed by atoms with van der Waals surface area (Å²) in [6.45, 7) is 5.22. The first kappa shape index (κ1) is 35.1. The molecule has 2 aromatic rings. The maximum atomic E-state index is 12.3. The minimum atomic E-state index is -0.655. The SMILES string of the molecule is CC(OCCCCOC(C)OC(=O)CCCCCn1c(O)c2c(c1O)C1CC13C=CC23)OC(=O)CCCCCn1c(O)c2c(c1O)C1CC13C=CC23. The lowest BCUT2D eigenvalue weighted by Crippen LogP contribution is -2.20. The highest BCUT2D eigenvalue weighted by Gasteiger charge is 2.70. The van der Waals surface area contributed by atoms with Crippen LogP contribution in [0.4, 0.5) is 0 Å². The molecule has 2 aromatic heterocycles. The zero-order valence-electron chi connectivity index (χ0n) is 30.2. The second-order valence-corrected chi connectivity index (χ2v) is 15.8. The van der Waals surface area contributed by atoms with E-state index in [4.69, 9.17) is 18.9 Å². The van der Waals surface area contributed by atoms with Gasteiger partial charge < -0.3 is 39.4 Å². The molecular weight excluding hydrogens is 668 g/mol. The van der Waals surface area contributed by atoms with Crippen molar-refractivity contribution in [1.82, 2.24) is 9.13 Å². The highest BCUT2D eigenvalue weighted by atomic mass is 16.7. The van der Waals surface area contributed by atoms with E-state index in [0.29, 0.717) is 63.8 Å². The highest BCUT2D eigenvalue weighted by molar-refractivity contribution is 5.70. The molecular formula is C40H52N2O10. The summed E-state index contributed by atoms with van der Waals surface area (Å²) in [4.78, 5) is 24.5. The molecule has 0 saturated heterocycles. The molecule has 8 rings (SSSR count). The summed E-state index contributed by atoms with van der Waals surface area (Å²) >= 11 is 0. The van der Waals surface area contributed by atoms with Crippen LogP contribution in [0.25, 0.3) is 0 Å². The number of allylic oxidation sites excluding steroid dienone is 4. The van der Waals surface area contributed by atoms with Crippen LogP contribution in [0.2, 0.25) is 0 Å². The van der Waals surface area contributed by atoms with Crippen LogP contribution >= 0.6 is 0 Å². The second-order valence-electron chi connectivity index (χ2n) is 15.8. The number of hydrogen-bond donors (Lipinski definition) is 4. The molecule has 0 radical (unpaired) electrons. The Morgan fingerprint density at radius 1 is 0.635 bits per heavy atom. The molecule has 6 aliphatic rings. The van der Waals surface area contributed by atoms with Crippen LogP contribution in [0, 0.1) is 10.8 Å². The molecule has 52 heavy (non-hydrogen) atoms. The van der Waals surface area contributed by atoms with Gasteiger partial charge in [-0.1, -0.05) is 37.1 Å². The number of aromatic nitrogens is 2. The quantitative estimate of drug-likeness (QED) is 0.0467. The number of carbonyl (C=O) groups excluding carboxylic acids is 2. The van der Waals surface area contributed by atoms with E-state index >= 15 is 0 Å². The number of aromatic hydroxyl groups is 4. The number of unbranched alkanes of at least 4 members (excludes halogenated alkanes) is 5. The summed E-state index contributed by atoms with van der Waals surface area (Å²) in [6, 6.07) is 0. The Morgan fingerprint density at radius 3 is 1.42 bits per heavy atom. The van der Waals surface area contributed by atoms with Crippen molar-refractivity contribution in [3.05, 3.63) is 46.6 Å². The Kier molecular flexibility index (Phi) is 9.13.